The highest BCUT2D eigenvalue weighted by Gasteiger charge is 2.31. The van der Waals surface area contributed by atoms with E-state index in [1.54, 1.807) is 6.07 Å². The monoisotopic (exact) mass is 502 g/mol. The van der Waals surface area contributed by atoms with Crippen molar-refractivity contribution in [2.75, 3.05) is 76.9 Å². The van der Waals surface area contributed by atoms with Crippen LogP contribution in [0.1, 0.15) is 6.92 Å². The van der Waals surface area contributed by atoms with Crippen LogP contribution in [-0.4, -0.2) is 98.7 Å². The lowest BCUT2D eigenvalue weighted by molar-refractivity contribution is 0.0173. The molecule has 6 nitrogen and oxygen atoms in total. The maximum absolute atomic E-state index is 14.1. The first kappa shape index (κ1) is 21.6. The van der Waals surface area contributed by atoms with Crippen LogP contribution >= 0.6 is 24.0 Å². The van der Waals surface area contributed by atoms with Gasteiger partial charge in [0.25, 0.3) is 0 Å². The third-order valence-corrected chi connectivity index (χ3v) is 5.95. The fourth-order valence-electron chi connectivity index (χ4n) is 4.38. The molecule has 0 saturated carbocycles. The lowest BCUT2D eigenvalue weighted by Crippen LogP contribution is -2.62. The molecule has 4 fully saturated rings. The van der Waals surface area contributed by atoms with Crippen molar-refractivity contribution < 1.29 is 4.39 Å². The van der Waals surface area contributed by atoms with Gasteiger partial charge in [-0.2, -0.15) is 0 Å². The van der Waals surface area contributed by atoms with Crippen LogP contribution in [0.5, 0.6) is 0 Å². The van der Waals surface area contributed by atoms with Crippen molar-refractivity contribution in [1.82, 2.24) is 20.0 Å². The molecule has 0 amide bonds. The van der Waals surface area contributed by atoms with E-state index in [9.17, 15) is 4.39 Å². The molecule has 1 N–H and O–H groups in total. The van der Waals surface area contributed by atoms with Gasteiger partial charge < -0.3 is 15.1 Å². The Hall–Kier alpha value is -1.13. The smallest absolute Gasteiger partial charge is 0.194 e. The van der Waals surface area contributed by atoms with Crippen LogP contribution in [-0.2, 0) is 0 Å². The summed E-state index contributed by atoms with van der Waals surface area (Å²) in [7, 11) is 0. The molecule has 1 aromatic carbocycles. The Morgan fingerprint density at radius 1 is 1.07 bits per heavy atom. The molecule has 1 aromatic rings. The summed E-state index contributed by atoms with van der Waals surface area (Å²) in [4.78, 5) is 14.6. The van der Waals surface area contributed by atoms with E-state index < -0.39 is 0 Å². The van der Waals surface area contributed by atoms with E-state index in [2.05, 4.69) is 31.8 Å². The highest BCUT2D eigenvalue weighted by atomic mass is 127. The number of guanidine groups is 1. The predicted molar refractivity (Wildman–Crippen MR) is 123 cm³/mol. The van der Waals surface area contributed by atoms with Crippen molar-refractivity contribution in [3.63, 3.8) is 0 Å². The molecule has 1 unspecified atom stereocenters. The number of hydrogen-bond donors (Lipinski definition) is 1. The summed E-state index contributed by atoms with van der Waals surface area (Å²) in [5.41, 5.74) is 0.708. The van der Waals surface area contributed by atoms with Gasteiger partial charge in [-0.05, 0) is 19.1 Å². The van der Waals surface area contributed by atoms with Gasteiger partial charge in [0.2, 0.25) is 0 Å². The molecule has 0 spiro atoms. The molecular formula is C20H32FIN6. The summed E-state index contributed by atoms with van der Waals surface area (Å²) in [6, 6.07) is 7.60. The van der Waals surface area contributed by atoms with Gasteiger partial charge in [-0.15, -0.1) is 24.0 Å². The number of anilines is 1. The van der Waals surface area contributed by atoms with Crippen LogP contribution < -0.4 is 10.2 Å². The normalized spacial score (nSPS) is 27.5. The van der Waals surface area contributed by atoms with Crippen molar-refractivity contribution in [2.45, 2.75) is 13.0 Å². The molecule has 0 aliphatic carbocycles. The zero-order valence-corrected chi connectivity index (χ0v) is 19.0. The molecule has 5 rings (SSSR count). The Morgan fingerprint density at radius 2 is 1.79 bits per heavy atom. The molecule has 2 bridgehead atoms. The molecule has 4 saturated heterocycles. The Labute approximate surface area is 184 Å². The van der Waals surface area contributed by atoms with E-state index in [1.165, 1.54) is 32.2 Å². The number of fused-ring (bicyclic) bond motifs is 3. The van der Waals surface area contributed by atoms with Gasteiger partial charge in [0.1, 0.15) is 5.82 Å². The second-order valence-corrected chi connectivity index (χ2v) is 7.61. The molecule has 4 aliphatic heterocycles. The van der Waals surface area contributed by atoms with Gasteiger partial charge in [-0.1, -0.05) is 12.1 Å². The van der Waals surface area contributed by atoms with Gasteiger partial charge in [-0.3, -0.25) is 14.8 Å². The zero-order chi connectivity index (χ0) is 18.6. The Morgan fingerprint density at radius 3 is 2.39 bits per heavy atom. The second-order valence-electron chi connectivity index (χ2n) is 7.61. The number of benzene rings is 1. The van der Waals surface area contributed by atoms with Crippen molar-refractivity contribution in [1.29, 1.82) is 0 Å². The minimum Gasteiger partial charge on any atom is -0.366 e. The molecule has 156 valence electrons. The van der Waals surface area contributed by atoms with Crippen molar-refractivity contribution in [3.8, 4) is 0 Å². The van der Waals surface area contributed by atoms with Crippen molar-refractivity contribution in [2.24, 2.45) is 4.99 Å². The molecule has 0 aromatic heterocycles. The van der Waals surface area contributed by atoms with Crippen LogP contribution in [0.15, 0.2) is 29.3 Å². The van der Waals surface area contributed by atoms with Crippen LogP contribution in [0.25, 0.3) is 0 Å². The summed E-state index contributed by atoms with van der Waals surface area (Å²) < 4.78 is 14.1. The third kappa shape index (κ3) is 4.88. The number of nitrogens with zero attached hydrogens (tertiary/aromatic N) is 5. The van der Waals surface area contributed by atoms with Gasteiger partial charge in [0, 0.05) is 71.5 Å². The van der Waals surface area contributed by atoms with Crippen LogP contribution in [0.4, 0.5) is 10.1 Å². The molecule has 8 heteroatoms. The highest BCUT2D eigenvalue weighted by Crippen LogP contribution is 2.20. The minimum atomic E-state index is -0.136. The van der Waals surface area contributed by atoms with Crippen LogP contribution in [0.3, 0.4) is 0 Å². The predicted octanol–water partition coefficient (Wildman–Crippen LogP) is 1.53. The fourth-order valence-corrected chi connectivity index (χ4v) is 4.38. The molecule has 4 heterocycles. The molecule has 28 heavy (non-hydrogen) atoms. The zero-order valence-electron chi connectivity index (χ0n) is 16.7. The standard InChI is InChI=1S/C20H31FN6.HI/c1-2-22-20(23-15-17-16-24-7-9-25(17)10-8-24)27-13-11-26(12-14-27)19-6-4-3-5-18(19)21;/h3-6,17H,2,7-16H2,1H3,(H,22,23);1H. The first-order valence-corrected chi connectivity index (χ1v) is 10.2. The second kappa shape index (κ2) is 10.1. The molecule has 4 aliphatic rings. The lowest BCUT2D eigenvalue weighted by Gasteiger charge is -2.47. The van der Waals surface area contributed by atoms with Crippen LogP contribution in [0.2, 0.25) is 0 Å². The minimum absolute atomic E-state index is 0. The largest absolute Gasteiger partial charge is 0.366 e. The summed E-state index contributed by atoms with van der Waals surface area (Å²) in [6.07, 6.45) is 0. The van der Waals surface area contributed by atoms with E-state index in [4.69, 9.17) is 4.99 Å². The molecule has 1 atom stereocenters. The topological polar surface area (TPSA) is 37.4 Å². The maximum Gasteiger partial charge on any atom is 0.194 e. The van der Waals surface area contributed by atoms with Gasteiger partial charge in [0.15, 0.2) is 5.96 Å². The van der Waals surface area contributed by atoms with Crippen molar-refractivity contribution in [3.05, 3.63) is 30.1 Å². The fraction of sp³-hybridized carbons (Fsp3) is 0.650. The number of nitrogens with one attached hydrogen (secondary N) is 1. The lowest BCUT2D eigenvalue weighted by atomic mass is 10.1. The van der Waals surface area contributed by atoms with Gasteiger partial charge in [0.05, 0.1) is 12.2 Å². The van der Waals surface area contributed by atoms with E-state index in [0.717, 1.165) is 51.8 Å². The third-order valence-electron chi connectivity index (χ3n) is 5.95. The molecule has 0 radical (unpaired) electrons. The van der Waals surface area contributed by atoms with Crippen LogP contribution in [0, 0.1) is 5.82 Å². The summed E-state index contributed by atoms with van der Waals surface area (Å²) >= 11 is 0. The summed E-state index contributed by atoms with van der Waals surface area (Å²) in [5, 5.41) is 3.45. The number of piperazine rings is 4. The number of halogens is 2. The van der Waals surface area contributed by atoms with Gasteiger partial charge >= 0.3 is 0 Å². The van der Waals surface area contributed by atoms with Crippen molar-refractivity contribution >= 4 is 35.6 Å². The summed E-state index contributed by atoms with van der Waals surface area (Å²) in [6.45, 7) is 13.1. The SMILES string of the molecule is CCNC(=NCC1CN2CCN1CC2)N1CCN(c2ccccc2F)CC1.I. The maximum atomic E-state index is 14.1. The highest BCUT2D eigenvalue weighted by molar-refractivity contribution is 14.0. The first-order valence-electron chi connectivity index (χ1n) is 10.2. The van der Waals surface area contributed by atoms with E-state index in [0.29, 0.717) is 11.7 Å². The summed E-state index contributed by atoms with van der Waals surface area (Å²) in [5.74, 6) is 0.867. The average Bonchev–Trinajstić information content (AvgIpc) is 2.73. The number of aliphatic imine (C=N–C) groups is 1. The Kier molecular flexibility index (Phi) is 7.76. The van der Waals surface area contributed by atoms with Gasteiger partial charge in [-0.25, -0.2) is 4.39 Å². The number of rotatable bonds is 4. The Bertz CT molecular complexity index is 656. The van der Waals surface area contributed by atoms with E-state index in [-0.39, 0.29) is 29.8 Å². The number of para-hydroxylation sites is 1. The first-order chi connectivity index (χ1) is 13.2. The van der Waals surface area contributed by atoms with E-state index >= 15 is 0 Å². The Balaban J connectivity index is 0.00000225. The van der Waals surface area contributed by atoms with E-state index in [1.807, 2.05) is 12.1 Å². The average molecular weight is 502 g/mol. The molecular weight excluding hydrogens is 470 g/mol. The quantitative estimate of drug-likeness (QED) is 0.384. The number of hydrogen-bond acceptors (Lipinski definition) is 4.